The van der Waals surface area contributed by atoms with Crippen LogP contribution >= 0.6 is 0 Å². The molecule has 0 saturated carbocycles. The summed E-state index contributed by atoms with van der Waals surface area (Å²) < 4.78 is 0. The standard InChI is InChI=1S/C16H25N3O/c1-4-19(3)11-13-5-7-14(8-6-13)18-16(20)15-9-12(2)10-17-15/h5-8,12,15,17H,4,9-11H2,1-3H3,(H,18,20). The minimum atomic E-state index is -0.0455. The summed E-state index contributed by atoms with van der Waals surface area (Å²) in [6.45, 7) is 7.21. The van der Waals surface area contributed by atoms with Crippen molar-refractivity contribution in [2.45, 2.75) is 32.9 Å². The molecule has 1 amide bonds. The zero-order valence-corrected chi connectivity index (χ0v) is 12.6. The molecular weight excluding hydrogens is 250 g/mol. The van der Waals surface area contributed by atoms with Crippen LogP contribution in [0.2, 0.25) is 0 Å². The molecule has 1 aromatic rings. The number of nitrogens with one attached hydrogen (secondary N) is 2. The maximum Gasteiger partial charge on any atom is 0.241 e. The highest BCUT2D eigenvalue weighted by Gasteiger charge is 2.26. The van der Waals surface area contributed by atoms with Crippen LogP contribution in [0.25, 0.3) is 0 Å². The Kier molecular flexibility index (Phi) is 5.15. The van der Waals surface area contributed by atoms with Crippen molar-refractivity contribution in [3.05, 3.63) is 29.8 Å². The number of amides is 1. The van der Waals surface area contributed by atoms with Crippen LogP contribution in [0.5, 0.6) is 0 Å². The highest BCUT2D eigenvalue weighted by molar-refractivity contribution is 5.95. The van der Waals surface area contributed by atoms with Gasteiger partial charge in [-0.15, -0.1) is 0 Å². The van der Waals surface area contributed by atoms with Crippen LogP contribution in [0.3, 0.4) is 0 Å². The molecule has 0 aliphatic carbocycles. The highest BCUT2D eigenvalue weighted by Crippen LogP contribution is 2.16. The van der Waals surface area contributed by atoms with Gasteiger partial charge in [0.05, 0.1) is 6.04 Å². The quantitative estimate of drug-likeness (QED) is 0.864. The summed E-state index contributed by atoms with van der Waals surface area (Å²) in [5, 5.41) is 6.24. The van der Waals surface area contributed by atoms with Crippen molar-refractivity contribution < 1.29 is 4.79 Å². The molecule has 20 heavy (non-hydrogen) atoms. The van der Waals surface area contributed by atoms with E-state index < -0.39 is 0 Å². The predicted octanol–water partition coefficient (Wildman–Crippen LogP) is 2.07. The van der Waals surface area contributed by atoms with E-state index in [1.807, 2.05) is 12.1 Å². The van der Waals surface area contributed by atoms with Crippen LogP contribution in [0.15, 0.2) is 24.3 Å². The number of carbonyl (C=O) groups is 1. The van der Waals surface area contributed by atoms with Crippen molar-refractivity contribution in [3.63, 3.8) is 0 Å². The lowest BCUT2D eigenvalue weighted by atomic mass is 10.1. The van der Waals surface area contributed by atoms with Crippen LogP contribution in [0, 0.1) is 5.92 Å². The fraction of sp³-hybridized carbons (Fsp3) is 0.562. The van der Waals surface area contributed by atoms with Crippen LogP contribution in [0.1, 0.15) is 25.8 Å². The Morgan fingerprint density at radius 1 is 1.40 bits per heavy atom. The van der Waals surface area contributed by atoms with E-state index in [1.54, 1.807) is 0 Å². The zero-order valence-electron chi connectivity index (χ0n) is 12.6. The molecule has 1 fully saturated rings. The van der Waals surface area contributed by atoms with Gasteiger partial charge in [0.1, 0.15) is 0 Å². The van der Waals surface area contributed by atoms with Gasteiger partial charge in [-0.05, 0) is 50.2 Å². The predicted molar refractivity (Wildman–Crippen MR) is 82.7 cm³/mol. The molecule has 1 saturated heterocycles. The maximum atomic E-state index is 12.1. The third-order valence-corrected chi connectivity index (χ3v) is 3.88. The molecule has 110 valence electrons. The van der Waals surface area contributed by atoms with Crippen molar-refractivity contribution in [2.75, 3.05) is 25.5 Å². The third kappa shape index (κ3) is 4.05. The first kappa shape index (κ1) is 15.0. The molecule has 0 radical (unpaired) electrons. The van der Waals surface area contributed by atoms with Gasteiger partial charge in [-0.2, -0.15) is 0 Å². The number of benzene rings is 1. The molecule has 4 nitrogen and oxygen atoms in total. The van der Waals surface area contributed by atoms with E-state index in [9.17, 15) is 4.79 Å². The van der Waals surface area contributed by atoms with Gasteiger partial charge in [-0.25, -0.2) is 0 Å². The van der Waals surface area contributed by atoms with Crippen molar-refractivity contribution >= 4 is 11.6 Å². The number of rotatable bonds is 5. The second-order valence-corrected chi connectivity index (χ2v) is 5.82. The van der Waals surface area contributed by atoms with E-state index in [1.165, 1.54) is 5.56 Å². The molecule has 1 aliphatic heterocycles. The van der Waals surface area contributed by atoms with Gasteiger partial charge in [0.2, 0.25) is 5.91 Å². The first-order valence-electron chi connectivity index (χ1n) is 7.40. The third-order valence-electron chi connectivity index (χ3n) is 3.88. The van der Waals surface area contributed by atoms with Crippen LogP contribution in [0.4, 0.5) is 5.69 Å². The molecular formula is C16H25N3O. The Hall–Kier alpha value is -1.39. The molecule has 0 spiro atoms. The van der Waals surface area contributed by atoms with E-state index in [0.29, 0.717) is 5.92 Å². The van der Waals surface area contributed by atoms with Crippen molar-refractivity contribution in [1.82, 2.24) is 10.2 Å². The molecule has 4 heteroatoms. The summed E-state index contributed by atoms with van der Waals surface area (Å²) in [7, 11) is 2.10. The number of nitrogens with zero attached hydrogens (tertiary/aromatic N) is 1. The van der Waals surface area contributed by atoms with E-state index in [0.717, 1.165) is 31.7 Å². The number of hydrogen-bond donors (Lipinski definition) is 2. The minimum Gasteiger partial charge on any atom is -0.325 e. The fourth-order valence-corrected chi connectivity index (χ4v) is 2.46. The highest BCUT2D eigenvalue weighted by atomic mass is 16.2. The Morgan fingerprint density at radius 3 is 2.65 bits per heavy atom. The van der Waals surface area contributed by atoms with Gasteiger partial charge in [-0.3, -0.25) is 4.79 Å². The number of carbonyl (C=O) groups excluding carboxylic acids is 1. The Labute approximate surface area is 121 Å². The van der Waals surface area contributed by atoms with Gasteiger partial charge in [-0.1, -0.05) is 26.0 Å². The van der Waals surface area contributed by atoms with Gasteiger partial charge < -0.3 is 15.5 Å². The molecule has 1 aliphatic rings. The smallest absolute Gasteiger partial charge is 0.241 e. The van der Waals surface area contributed by atoms with Crippen molar-refractivity contribution in [1.29, 1.82) is 0 Å². The first-order chi connectivity index (χ1) is 9.58. The Balaban J connectivity index is 1.88. The number of anilines is 1. The normalized spacial score (nSPS) is 22.2. The lowest BCUT2D eigenvalue weighted by Gasteiger charge is -2.15. The summed E-state index contributed by atoms with van der Waals surface area (Å²) in [6.07, 6.45) is 0.922. The Morgan fingerprint density at radius 2 is 2.10 bits per heavy atom. The largest absolute Gasteiger partial charge is 0.325 e. The average molecular weight is 275 g/mol. The molecule has 2 atom stereocenters. The Bertz CT molecular complexity index is 444. The molecule has 2 N–H and O–H groups in total. The van der Waals surface area contributed by atoms with E-state index >= 15 is 0 Å². The molecule has 0 bridgehead atoms. The summed E-state index contributed by atoms with van der Waals surface area (Å²) in [4.78, 5) is 14.3. The molecule has 1 aromatic carbocycles. The summed E-state index contributed by atoms with van der Waals surface area (Å²) in [6, 6.07) is 8.07. The van der Waals surface area contributed by atoms with Crippen LogP contribution in [-0.2, 0) is 11.3 Å². The second kappa shape index (κ2) is 6.86. The minimum absolute atomic E-state index is 0.0455. The lowest BCUT2D eigenvalue weighted by molar-refractivity contribution is -0.117. The SMILES string of the molecule is CCN(C)Cc1ccc(NC(=O)C2CC(C)CN2)cc1. The maximum absolute atomic E-state index is 12.1. The van der Waals surface area contributed by atoms with Gasteiger partial charge in [0.25, 0.3) is 0 Å². The van der Waals surface area contributed by atoms with Gasteiger partial charge >= 0.3 is 0 Å². The number of hydrogen-bond acceptors (Lipinski definition) is 3. The molecule has 2 rings (SSSR count). The average Bonchev–Trinajstić information content (AvgIpc) is 2.87. The molecule has 2 unspecified atom stereocenters. The van der Waals surface area contributed by atoms with Gasteiger partial charge in [0, 0.05) is 12.2 Å². The van der Waals surface area contributed by atoms with E-state index in [-0.39, 0.29) is 11.9 Å². The van der Waals surface area contributed by atoms with E-state index in [4.69, 9.17) is 0 Å². The fourth-order valence-electron chi connectivity index (χ4n) is 2.46. The lowest BCUT2D eigenvalue weighted by Crippen LogP contribution is -2.35. The van der Waals surface area contributed by atoms with Gasteiger partial charge in [0.15, 0.2) is 0 Å². The summed E-state index contributed by atoms with van der Waals surface area (Å²) in [5.74, 6) is 0.658. The van der Waals surface area contributed by atoms with Crippen LogP contribution in [-0.4, -0.2) is 37.0 Å². The van der Waals surface area contributed by atoms with E-state index in [2.05, 4.69) is 48.6 Å². The first-order valence-corrected chi connectivity index (χ1v) is 7.40. The molecule has 0 aromatic heterocycles. The van der Waals surface area contributed by atoms with Crippen molar-refractivity contribution in [2.24, 2.45) is 5.92 Å². The summed E-state index contributed by atoms with van der Waals surface area (Å²) >= 11 is 0. The van der Waals surface area contributed by atoms with Crippen molar-refractivity contribution in [3.8, 4) is 0 Å². The monoisotopic (exact) mass is 275 g/mol. The summed E-state index contributed by atoms with van der Waals surface area (Å²) in [5.41, 5.74) is 2.14. The van der Waals surface area contributed by atoms with Crippen LogP contribution < -0.4 is 10.6 Å². The second-order valence-electron chi connectivity index (χ2n) is 5.82. The zero-order chi connectivity index (χ0) is 14.5. The molecule has 1 heterocycles. The topological polar surface area (TPSA) is 44.4 Å².